The van der Waals surface area contributed by atoms with Crippen molar-refractivity contribution in [1.29, 1.82) is 0 Å². The molecule has 1 amide bonds. The van der Waals surface area contributed by atoms with E-state index in [-0.39, 0.29) is 11.8 Å². The molecule has 0 bridgehead atoms. The number of piperidine rings is 1. The van der Waals surface area contributed by atoms with E-state index in [9.17, 15) is 14.9 Å². The van der Waals surface area contributed by atoms with Crippen molar-refractivity contribution in [3.8, 4) is 0 Å². The van der Waals surface area contributed by atoms with Crippen LogP contribution in [0, 0.1) is 16.0 Å². The van der Waals surface area contributed by atoms with Gasteiger partial charge in [-0.1, -0.05) is 37.3 Å². The Morgan fingerprint density at radius 3 is 2.67 bits per heavy atom. The second-order valence-corrected chi connectivity index (χ2v) is 4.74. The van der Waals surface area contributed by atoms with Crippen LogP contribution in [0.5, 0.6) is 0 Å². The van der Waals surface area contributed by atoms with Crippen molar-refractivity contribution in [3.05, 3.63) is 46.0 Å². The molecule has 1 heterocycles. The first-order valence-electron chi connectivity index (χ1n) is 6.06. The highest BCUT2D eigenvalue weighted by atomic mass is 16.6. The number of likely N-dealkylation sites (tertiary alicyclic amines) is 1. The third-order valence-electron chi connectivity index (χ3n) is 3.40. The number of nitrogens with zero attached hydrogens (tertiary/aromatic N) is 2. The van der Waals surface area contributed by atoms with E-state index in [0.29, 0.717) is 19.5 Å². The summed E-state index contributed by atoms with van der Waals surface area (Å²) >= 11 is 0. The van der Waals surface area contributed by atoms with Gasteiger partial charge >= 0.3 is 0 Å². The first-order valence-corrected chi connectivity index (χ1v) is 6.06. The van der Waals surface area contributed by atoms with Crippen molar-refractivity contribution in [1.82, 2.24) is 4.90 Å². The van der Waals surface area contributed by atoms with Crippen molar-refractivity contribution in [2.75, 3.05) is 6.54 Å². The molecule has 0 radical (unpaired) electrons. The van der Waals surface area contributed by atoms with Gasteiger partial charge in [0.25, 0.3) is 11.9 Å². The van der Waals surface area contributed by atoms with Gasteiger partial charge in [-0.15, -0.1) is 0 Å². The maximum atomic E-state index is 12.1. The Labute approximate surface area is 106 Å². The zero-order chi connectivity index (χ0) is 13.1. The van der Waals surface area contributed by atoms with Crippen LogP contribution in [-0.2, 0) is 11.3 Å². The van der Waals surface area contributed by atoms with Gasteiger partial charge in [-0.2, -0.15) is 0 Å². The van der Waals surface area contributed by atoms with Crippen LogP contribution in [0.4, 0.5) is 0 Å². The maximum absolute atomic E-state index is 12.1. The average molecular weight is 248 g/mol. The molecule has 0 saturated carbocycles. The summed E-state index contributed by atoms with van der Waals surface area (Å²) in [5.74, 6) is -0.540. The molecular formula is C13H16N2O3. The van der Waals surface area contributed by atoms with Crippen LogP contribution in [-0.4, -0.2) is 28.3 Å². The van der Waals surface area contributed by atoms with Crippen LogP contribution in [0.1, 0.15) is 18.9 Å². The number of amides is 1. The molecule has 1 fully saturated rings. The van der Waals surface area contributed by atoms with Gasteiger partial charge in [0.1, 0.15) is 0 Å². The molecule has 1 aromatic rings. The molecule has 2 rings (SSSR count). The maximum Gasteiger partial charge on any atom is 0.297 e. The van der Waals surface area contributed by atoms with Crippen LogP contribution in [0.2, 0.25) is 0 Å². The van der Waals surface area contributed by atoms with E-state index in [2.05, 4.69) is 0 Å². The highest BCUT2D eigenvalue weighted by molar-refractivity contribution is 5.81. The van der Waals surface area contributed by atoms with Gasteiger partial charge < -0.3 is 4.90 Å². The Morgan fingerprint density at radius 1 is 1.39 bits per heavy atom. The molecule has 0 N–H and O–H groups in total. The lowest BCUT2D eigenvalue weighted by atomic mass is 9.93. The molecule has 5 heteroatoms. The largest absolute Gasteiger partial charge is 0.332 e. The summed E-state index contributed by atoms with van der Waals surface area (Å²) in [6, 6.07) is 8.47. The number of nitro groups is 1. The third kappa shape index (κ3) is 2.50. The van der Waals surface area contributed by atoms with Crippen LogP contribution in [0.25, 0.3) is 0 Å². The van der Waals surface area contributed by atoms with Gasteiger partial charge in [0.15, 0.2) is 0 Å². The quantitative estimate of drug-likeness (QED) is 0.604. The highest BCUT2D eigenvalue weighted by Gasteiger charge is 2.42. The highest BCUT2D eigenvalue weighted by Crippen LogP contribution is 2.22. The smallest absolute Gasteiger partial charge is 0.297 e. The number of rotatable bonds is 3. The van der Waals surface area contributed by atoms with Gasteiger partial charge in [-0.3, -0.25) is 14.9 Å². The van der Waals surface area contributed by atoms with E-state index in [4.69, 9.17) is 0 Å². The molecule has 96 valence electrons. The molecule has 1 aromatic carbocycles. The predicted octanol–water partition coefficient (Wildman–Crippen LogP) is 1.70. The van der Waals surface area contributed by atoms with Crippen LogP contribution in [0.15, 0.2) is 30.3 Å². The first kappa shape index (κ1) is 12.5. The summed E-state index contributed by atoms with van der Waals surface area (Å²) in [7, 11) is 0. The summed E-state index contributed by atoms with van der Waals surface area (Å²) in [6.07, 6.45) is 0.685. The predicted molar refractivity (Wildman–Crippen MR) is 66.4 cm³/mol. The van der Waals surface area contributed by atoms with Crippen molar-refractivity contribution >= 4 is 5.91 Å². The van der Waals surface area contributed by atoms with Gasteiger partial charge in [0.2, 0.25) is 0 Å². The Morgan fingerprint density at radius 2 is 2.06 bits per heavy atom. The monoisotopic (exact) mass is 248 g/mol. The van der Waals surface area contributed by atoms with E-state index >= 15 is 0 Å². The Hall–Kier alpha value is -1.91. The zero-order valence-electron chi connectivity index (χ0n) is 10.3. The second-order valence-electron chi connectivity index (χ2n) is 4.74. The standard InChI is InChI=1S/C13H16N2O3/c1-10-7-8-14(13(16)12(10)15(17)18)9-11-5-3-2-4-6-11/h2-6,10,12H,7-9H2,1H3/t10-,12+/m1/s1. The molecule has 0 unspecified atom stereocenters. The normalized spacial score (nSPS) is 24.1. The molecule has 5 nitrogen and oxygen atoms in total. The van der Waals surface area contributed by atoms with Crippen molar-refractivity contribution in [2.24, 2.45) is 5.92 Å². The van der Waals surface area contributed by atoms with E-state index in [1.807, 2.05) is 30.3 Å². The number of benzene rings is 1. The number of carbonyl (C=O) groups is 1. The molecule has 0 aromatic heterocycles. The minimum atomic E-state index is -1.08. The number of hydrogen-bond acceptors (Lipinski definition) is 3. The molecule has 0 aliphatic carbocycles. The summed E-state index contributed by atoms with van der Waals surface area (Å²) in [5.41, 5.74) is 1.00. The van der Waals surface area contributed by atoms with Crippen LogP contribution in [0.3, 0.4) is 0 Å². The summed E-state index contributed by atoms with van der Waals surface area (Å²) in [6.45, 7) is 2.82. The van der Waals surface area contributed by atoms with Gasteiger partial charge in [-0.25, -0.2) is 0 Å². The first-order chi connectivity index (χ1) is 8.59. The van der Waals surface area contributed by atoms with E-state index < -0.39 is 11.0 Å². The summed E-state index contributed by atoms with van der Waals surface area (Å²) in [5, 5.41) is 10.9. The zero-order valence-corrected chi connectivity index (χ0v) is 10.3. The molecule has 18 heavy (non-hydrogen) atoms. The fourth-order valence-electron chi connectivity index (χ4n) is 2.32. The van der Waals surface area contributed by atoms with Crippen LogP contribution >= 0.6 is 0 Å². The minimum Gasteiger partial charge on any atom is -0.332 e. The summed E-state index contributed by atoms with van der Waals surface area (Å²) in [4.78, 5) is 24.1. The van der Waals surface area contributed by atoms with Crippen LogP contribution < -0.4 is 0 Å². The molecule has 2 atom stereocenters. The number of carbonyl (C=O) groups excluding carboxylic acids is 1. The minimum absolute atomic E-state index is 0.181. The molecule has 1 saturated heterocycles. The second kappa shape index (κ2) is 5.16. The summed E-state index contributed by atoms with van der Waals surface area (Å²) < 4.78 is 0. The van der Waals surface area contributed by atoms with E-state index in [1.165, 1.54) is 0 Å². The van der Waals surface area contributed by atoms with Crippen molar-refractivity contribution < 1.29 is 9.72 Å². The van der Waals surface area contributed by atoms with Crippen molar-refractivity contribution in [3.63, 3.8) is 0 Å². The average Bonchev–Trinajstić information content (AvgIpc) is 2.34. The Kier molecular flexibility index (Phi) is 3.60. The molecule has 1 aliphatic heterocycles. The van der Waals surface area contributed by atoms with Gasteiger partial charge in [-0.05, 0) is 12.0 Å². The fourth-order valence-corrected chi connectivity index (χ4v) is 2.32. The SMILES string of the molecule is C[C@@H]1CCN(Cc2ccccc2)C(=O)[C@H]1[N+](=O)[O-]. The lowest BCUT2D eigenvalue weighted by Crippen LogP contribution is -2.51. The fraction of sp³-hybridized carbons (Fsp3) is 0.462. The molecule has 0 spiro atoms. The van der Waals surface area contributed by atoms with Gasteiger partial charge in [0, 0.05) is 23.9 Å². The van der Waals surface area contributed by atoms with Crippen molar-refractivity contribution in [2.45, 2.75) is 25.9 Å². The number of hydrogen-bond donors (Lipinski definition) is 0. The lowest BCUT2D eigenvalue weighted by Gasteiger charge is -2.31. The topological polar surface area (TPSA) is 63.5 Å². The molecular weight excluding hydrogens is 232 g/mol. The van der Waals surface area contributed by atoms with E-state index in [0.717, 1.165) is 5.56 Å². The van der Waals surface area contributed by atoms with E-state index in [1.54, 1.807) is 11.8 Å². The Bertz CT molecular complexity index is 447. The lowest BCUT2D eigenvalue weighted by molar-refractivity contribution is -0.519. The third-order valence-corrected chi connectivity index (χ3v) is 3.40. The Balaban J connectivity index is 2.11. The van der Waals surface area contributed by atoms with Gasteiger partial charge in [0.05, 0.1) is 0 Å². The molecule has 1 aliphatic rings.